The molecule has 0 aromatic rings. The molecule has 0 bridgehead atoms. The highest BCUT2D eigenvalue weighted by Gasteiger charge is 2.52. The van der Waals surface area contributed by atoms with Crippen molar-refractivity contribution in [3.8, 4) is 0 Å². The summed E-state index contributed by atoms with van der Waals surface area (Å²) in [6.45, 7) is -0.742. The predicted molar refractivity (Wildman–Crippen MR) is 34.8 cm³/mol. The number of nitroso groups, excluding NO2 is 1. The highest BCUT2D eigenvalue weighted by atomic mass is 19.1. The first-order chi connectivity index (χ1) is 5.49. The van der Waals surface area contributed by atoms with Gasteiger partial charge in [0.2, 0.25) is 6.17 Å². The van der Waals surface area contributed by atoms with Crippen molar-refractivity contribution in [2.24, 2.45) is 5.29 Å². The van der Waals surface area contributed by atoms with E-state index in [4.69, 9.17) is 10.2 Å². The summed E-state index contributed by atoms with van der Waals surface area (Å²) in [7, 11) is 0. The molecule has 1 rings (SSSR count). The van der Waals surface area contributed by atoms with Crippen molar-refractivity contribution in [1.82, 2.24) is 5.01 Å². The van der Waals surface area contributed by atoms with E-state index in [-0.39, 0.29) is 13.1 Å². The summed E-state index contributed by atoms with van der Waals surface area (Å²) < 4.78 is 12.6. The first kappa shape index (κ1) is 8.85. The van der Waals surface area contributed by atoms with Crippen LogP contribution in [0.1, 0.15) is 0 Å². The SMILES string of the molecule is O=NN1CC(O)(C(F)C(=O)O)C1. The monoisotopic (exact) mass is 178 g/mol. The maximum atomic E-state index is 12.6. The number of aliphatic carboxylic acids is 1. The molecule has 0 spiro atoms. The van der Waals surface area contributed by atoms with Crippen LogP contribution < -0.4 is 0 Å². The molecule has 7 heteroatoms. The number of carbonyl (C=O) groups is 1. The molecule has 0 aromatic heterocycles. The Hall–Kier alpha value is -1.24. The number of carboxylic acid groups (broad SMARTS) is 1. The van der Waals surface area contributed by atoms with Gasteiger partial charge in [0.05, 0.1) is 18.4 Å². The van der Waals surface area contributed by atoms with Crippen molar-refractivity contribution < 1.29 is 19.4 Å². The molecule has 1 atom stereocenters. The molecule has 0 radical (unpaired) electrons. The van der Waals surface area contributed by atoms with Crippen LogP contribution in [0.3, 0.4) is 0 Å². The van der Waals surface area contributed by atoms with E-state index in [2.05, 4.69) is 5.29 Å². The van der Waals surface area contributed by atoms with Crippen molar-refractivity contribution in [1.29, 1.82) is 0 Å². The quantitative estimate of drug-likeness (QED) is 0.548. The average Bonchev–Trinajstić information content (AvgIpc) is 1.96. The summed E-state index contributed by atoms with van der Waals surface area (Å²) in [5.41, 5.74) is -1.96. The third-order valence-electron chi connectivity index (χ3n) is 1.72. The summed E-state index contributed by atoms with van der Waals surface area (Å²) in [5.74, 6) is -1.73. The predicted octanol–water partition coefficient (Wildman–Crippen LogP) is -0.863. The molecule has 1 aliphatic heterocycles. The van der Waals surface area contributed by atoms with Crippen molar-refractivity contribution in [3.63, 3.8) is 0 Å². The van der Waals surface area contributed by atoms with E-state index in [0.717, 1.165) is 5.01 Å². The second-order valence-corrected chi connectivity index (χ2v) is 2.71. The van der Waals surface area contributed by atoms with E-state index in [1.807, 2.05) is 0 Å². The standard InChI is InChI=1S/C5H7FN2O4/c6-3(4(9)10)5(11)1-8(2-5)7-12/h3,11H,1-2H2,(H,9,10). The highest BCUT2D eigenvalue weighted by molar-refractivity contribution is 5.74. The second-order valence-electron chi connectivity index (χ2n) is 2.71. The van der Waals surface area contributed by atoms with Crippen LogP contribution in [0.4, 0.5) is 4.39 Å². The highest BCUT2D eigenvalue weighted by Crippen LogP contribution is 2.26. The minimum atomic E-state index is -2.37. The number of hydrogen-bond acceptors (Lipinski definition) is 4. The fourth-order valence-electron chi connectivity index (χ4n) is 1.03. The number of carboxylic acids is 1. The molecule has 1 fully saturated rings. The van der Waals surface area contributed by atoms with Gasteiger partial charge in [-0.2, -0.15) is 0 Å². The molecule has 1 aliphatic rings. The Morgan fingerprint density at radius 3 is 2.50 bits per heavy atom. The van der Waals surface area contributed by atoms with Gasteiger partial charge >= 0.3 is 5.97 Å². The normalized spacial score (nSPS) is 22.7. The number of hydrogen-bond donors (Lipinski definition) is 2. The Morgan fingerprint density at radius 1 is 1.67 bits per heavy atom. The summed E-state index contributed by atoms with van der Waals surface area (Å²) in [4.78, 5) is 19.8. The van der Waals surface area contributed by atoms with Gasteiger partial charge in [0, 0.05) is 0 Å². The van der Waals surface area contributed by atoms with Crippen LogP contribution in [0.2, 0.25) is 0 Å². The van der Waals surface area contributed by atoms with Crippen LogP contribution in [-0.4, -0.2) is 46.1 Å². The van der Waals surface area contributed by atoms with Gasteiger partial charge in [0.15, 0.2) is 0 Å². The number of halogens is 1. The molecule has 1 saturated heterocycles. The lowest BCUT2D eigenvalue weighted by Crippen LogP contribution is -2.66. The van der Waals surface area contributed by atoms with E-state index in [0.29, 0.717) is 0 Å². The Bertz CT molecular complexity index is 215. The third kappa shape index (κ3) is 1.22. The Kier molecular flexibility index (Phi) is 1.97. The van der Waals surface area contributed by atoms with Gasteiger partial charge < -0.3 is 10.2 Å². The second kappa shape index (κ2) is 2.67. The summed E-state index contributed by atoms with van der Waals surface area (Å²) in [6.07, 6.45) is -2.37. The zero-order chi connectivity index (χ0) is 9.35. The van der Waals surface area contributed by atoms with E-state index < -0.39 is 17.7 Å². The Labute approximate surface area is 66.5 Å². The van der Waals surface area contributed by atoms with Crippen LogP contribution in [0.25, 0.3) is 0 Å². The van der Waals surface area contributed by atoms with Gasteiger partial charge in [0.25, 0.3) is 0 Å². The fourth-order valence-corrected chi connectivity index (χ4v) is 1.03. The van der Waals surface area contributed by atoms with E-state index in [1.54, 1.807) is 0 Å². The zero-order valence-electron chi connectivity index (χ0n) is 5.97. The largest absolute Gasteiger partial charge is 0.479 e. The minimum absolute atomic E-state index is 0.371. The van der Waals surface area contributed by atoms with Crippen LogP contribution in [0.15, 0.2) is 5.29 Å². The molecule has 0 amide bonds. The molecular formula is C5H7FN2O4. The lowest BCUT2D eigenvalue weighted by molar-refractivity contribution is -0.175. The van der Waals surface area contributed by atoms with Crippen LogP contribution in [0.5, 0.6) is 0 Å². The molecule has 6 nitrogen and oxygen atoms in total. The molecule has 0 aromatic carbocycles. The van der Waals surface area contributed by atoms with E-state index in [9.17, 15) is 14.1 Å². The first-order valence-corrected chi connectivity index (χ1v) is 3.17. The van der Waals surface area contributed by atoms with Gasteiger partial charge in [-0.3, -0.25) is 5.01 Å². The van der Waals surface area contributed by atoms with E-state index >= 15 is 0 Å². The average molecular weight is 178 g/mol. The maximum absolute atomic E-state index is 12.6. The van der Waals surface area contributed by atoms with Crippen molar-refractivity contribution in [3.05, 3.63) is 4.91 Å². The Balaban J connectivity index is 2.54. The van der Waals surface area contributed by atoms with Gasteiger partial charge in [-0.25, -0.2) is 9.18 Å². The molecule has 0 aliphatic carbocycles. The fraction of sp³-hybridized carbons (Fsp3) is 0.800. The van der Waals surface area contributed by atoms with Gasteiger partial charge in [-0.1, -0.05) is 0 Å². The molecular weight excluding hydrogens is 171 g/mol. The van der Waals surface area contributed by atoms with E-state index in [1.165, 1.54) is 0 Å². The zero-order valence-corrected chi connectivity index (χ0v) is 5.97. The lowest BCUT2D eigenvalue weighted by atomic mass is 9.90. The summed E-state index contributed by atoms with van der Waals surface area (Å²) >= 11 is 0. The van der Waals surface area contributed by atoms with Crippen molar-refractivity contribution >= 4 is 5.97 Å². The third-order valence-corrected chi connectivity index (χ3v) is 1.72. The summed E-state index contributed by atoms with van der Waals surface area (Å²) in [6, 6.07) is 0. The minimum Gasteiger partial charge on any atom is -0.479 e. The maximum Gasteiger partial charge on any atom is 0.341 e. The van der Waals surface area contributed by atoms with Crippen LogP contribution in [-0.2, 0) is 4.79 Å². The van der Waals surface area contributed by atoms with Gasteiger partial charge in [-0.05, 0) is 0 Å². The number of alkyl halides is 1. The lowest BCUT2D eigenvalue weighted by Gasteiger charge is -2.42. The van der Waals surface area contributed by atoms with Gasteiger partial charge in [0.1, 0.15) is 5.60 Å². The Morgan fingerprint density at radius 2 is 2.17 bits per heavy atom. The molecule has 0 saturated carbocycles. The first-order valence-electron chi connectivity index (χ1n) is 3.17. The van der Waals surface area contributed by atoms with Crippen molar-refractivity contribution in [2.45, 2.75) is 11.8 Å². The van der Waals surface area contributed by atoms with Crippen LogP contribution in [0, 0.1) is 4.91 Å². The number of aliphatic hydroxyl groups is 1. The molecule has 68 valence electrons. The molecule has 1 unspecified atom stereocenters. The number of β-amino-alcohol motifs (C(OH)–C–C–N with tert-alkyl or cyclic N) is 1. The van der Waals surface area contributed by atoms with Crippen LogP contribution >= 0.6 is 0 Å². The smallest absolute Gasteiger partial charge is 0.341 e. The number of nitrogens with zero attached hydrogens (tertiary/aromatic N) is 2. The molecule has 1 heterocycles. The number of rotatable bonds is 3. The van der Waals surface area contributed by atoms with Crippen molar-refractivity contribution in [2.75, 3.05) is 13.1 Å². The van der Waals surface area contributed by atoms with Gasteiger partial charge in [-0.15, -0.1) is 4.91 Å². The molecule has 12 heavy (non-hydrogen) atoms. The molecule has 2 N–H and O–H groups in total. The topological polar surface area (TPSA) is 90.2 Å². The summed E-state index contributed by atoms with van der Waals surface area (Å²) in [5, 5.41) is 20.6.